The Hall–Kier alpha value is -1.86. The standard InChI is InChI=1S/C9H10N3O3P/c1-15-8-4-3-7(11-16-2)6(5-10)9(8)12(13)14/h3-4,11,16H,1-2H3. The van der Waals surface area contributed by atoms with E-state index in [0.29, 0.717) is 14.4 Å². The number of methoxy groups -OCH3 is 1. The van der Waals surface area contributed by atoms with Crippen LogP contribution < -0.4 is 9.82 Å². The van der Waals surface area contributed by atoms with Gasteiger partial charge in [-0.2, -0.15) is 5.26 Å². The number of nitrogens with zero attached hydrogens (tertiary/aromatic N) is 2. The molecule has 1 unspecified atom stereocenters. The highest BCUT2D eigenvalue weighted by atomic mass is 31.1. The summed E-state index contributed by atoms with van der Waals surface area (Å²) in [4.78, 5) is 10.3. The number of hydrogen-bond acceptors (Lipinski definition) is 5. The van der Waals surface area contributed by atoms with Gasteiger partial charge in [0, 0.05) is 0 Å². The molecule has 0 fully saturated rings. The molecule has 0 radical (unpaired) electrons. The van der Waals surface area contributed by atoms with Gasteiger partial charge in [-0.1, -0.05) is 0 Å². The van der Waals surface area contributed by atoms with E-state index in [2.05, 4.69) is 5.09 Å². The Morgan fingerprint density at radius 3 is 2.75 bits per heavy atom. The molecule has 0 aliphatic rings. The van der Waals surface area contributed by atoms with Crippen molar-refractivity contribution in [2.45, 2.75) is 0 Å². The van der Waals surface area contributed by atoms with Crippen LogP contribution in [-0.2, 0) is 0 Å². The first-order valence-corrected chi connectivity index (χ1v) is 5.84. The summed E-state index contributed by atoms with van der Waals surface area (Å²) in [7, 11) is 1.69. The quantitative estimate of drug-likeness (QED) is 0.493. The molecule has 6 nitrogen and oxygen atoms in total. The minimum Gasteiger partial charge on any atom is -0.490 e. The van der Waals surface area contributed by atoms with Crippen molar-refractivity contribution in [3.8, 4) is 11.8 Å². The molecule has 1 rings (SSSR count). The van der Waals surface area contributed by atoms with Crippen LogP contribution in [0, 0.1) is 21.4 Å². The Morgan fingerprint density at radius 1 is 1.62 bits per heavy atom. The Kier molecular flexibility index (Phi) is 4.03. The van der Waals surface area contributed by atoms with Crippen LogP contribution in [0.1, 0.15) is 5.56 Å². The summed E-state index contributed by atoms with van der Waals surface area (Å²) in [6, 6.07) is 4.90. The fraction of sp³-hybridized carbons (Fsp3) is 0.222. The molecule has 84 valence electrons. The number of nitro groups is 1. The second-order valence-corrected chi connectivity index (χ2v) is 3.53. The zero-order valence-corrected chi connectivity index (χ0v) is 9.77. The number of ether oxygens (including phenoxy) is 1. The van der Waals surface area contributed by atoms with Crippen molar-refractivity contribution in [2.24, 2.45) is 0 Å². The number of benzene rings is 1. The molecule has 1 aromatic rings. The lowest BCUT2D eigenvalue weighted by Gasteiger charge is -2.08. The molecule has 1 N–H and O–H groups in total. The van der Waals surface area contributed by atoms with Gasteiger partial charge >= 0.3 is 5.69 Å². The molecule has 1 atom stereocenters. The highest BCUT2D eigenvalue weighted by Crippen LogP contribution is 2.36. The first-order valence-electron chi connectivity index (χ1n) is 4.34. The summed E-state index contributed by atoms with van der Waals surface area (Å²) in [5.41, 5.74) is 0.155. The van der Waals surface area contributed by atoms with Crippen molar-refractivity contribution in [2.75, 3.05) is 18.9 Å². The van der Waals surface area contributed by atoms with E-state index < -0.39 is 4.92 Å². The molecule has 0 spiro atoms. The van der Waals surface area contributed by atoms with E-state index in [9.17, 15) is 10.1 Å². The maximum atomic E-state index is 10.9. The van der Waals surface area contributed by atoms with E-state index in [0.717, 1.165) is 0 Å². The Morgan fingerprint density at radius 2 is 2.31 bits per heavy atom. The van der Waals surface area contributed by atoms with Crippen LogP contribution in [0.5, 0.6) is 5.75 Å². The van der Waals surface area contributed by atoms with Gasteiger partial charge in [0.15, 0.2) is 11.3 Å². The molecule has 0 saturated carbocycles. The zero-order valence-electron chi connectivity index (χ0n) is 8.77. The topological polar surface area (TPSA) is 88.2 Å². The molecule has 0 aromatic heterocycles. The van der Waals surface area contributed by atoms with E-state index >= 15 is 0 Å². The van der Waals surface area contributed by atoms with Crippen molar-refractivity contribution in [1.82, 2.24) is 0 Å². The highest BCUT2D eigenvalue weighted by Gasteiger charge is 2.23. The third-order valence-electron chi connectivity index (χ3n) is 1.91. The van der Waals surface area contributed by atoms with Gasteiger partial charge in [0.25, 0.3) is 0 Å². The van der Waals surface area contributed by atoms with Crippen molar-refractivity contribution in [1.29, 1.82) is 5.26 Å². The number of anilines is 1. The van der Waals surface area contributed by atoms with Crippen LogP contribution in [-0.4, -0.2) is 18.7 Å². The fourth-order valence-electron chi connectivity index (χ4n) is 1.27. The van der Waals surface area contributed by atoms with Gasteiger partial charge in [-0.3, -0.25) is 10.1 Å². The van der Waals surface area contributed by atoms with Gasteiger partial charge in [0.2, 0.25) is 0 Å². The smallest absolute Gasteiger partial charge is 0.330 e. The predicted octanol–water partition coefficient (Wildman–Crippen LogP) is 2.11. The molecule has 0 aliphatic heterocycles. The number of hydrogen-bond donors (Lipinski definition) is 1. The summed E-state index contributed by atoms with van der Waals surface area (Å²) in [6.07, 6.45) is 0. The van der Waals surface area contributed by atoms with Crippen LogP contribution in [0.3, 0.4) is 0 Å². The first kappa shape index (κ1) is 12.2. The van der Waals surface area contributed by atoms with E-state index in [1.807, 2.05) is 12.7 Å². The minimum atomic E-state index is -0.610. The molecular weight excluding hydrogens is 229 g/mol. The average molecular weight is 239 g/mol. The second-order valence-electron chi connectivity index (χ2n) is 2.78. The number of nitro benzene ring substituents is 1. The molecule has 0 amide bonds. The maximum absolute atomic E-state index is 10.9. The van der Waals surface area contributed by atoms with Crippen LogP contribution in [0.15, 0.2) is 12.1 Å². The van der Waals surface area contributed by atoms with E-state index in [4.69, 9.17) is 10.00 Å². The van der Waals surface area contributed by atoms with Crippen molar-refractivity contribution in [3.05, 3.63) is 27.8 Å². The fourth-order valence-corrected chi connectivity index (χ4v) is 1.75. The monoisotopic (exact) mass is 239 g/mol. The molecule has 7 heteroatoms. The normalized spacial score (nSPS) is 10.1. The summed E-state index contributed by atoms with van der Waals surface area (Å²) in [5, 5.41) is 22.7. The van der Waals surface area contributed by atoms with Crippen LogP contribution in [0.4, 0.5) is 11.4 Å². The Labute approximate surface area is 94.2 Å². The van der Waals surface area contributed by atoms with Crippen LogP contribution in [0.2, 0.25) is 0 Å². The average Bonchev–Trinajstić information content (AvgIpc) is 2.28. The van der Waals surface area contributed by atoms with E-state index in [-0.39, 0.29) is 17.0 Å². The summed E-state index contributed by atoms with van der Waals surface area (Å²) in [5.74, 6) is 0.0894. The number of rotatable bonds is 4. The second kappa shape index (κ2) is 5.29. The van der Waals surface area contributed by atoms with Gasteiger partial charge in [-0.05, 0) is 27.5 Å². The molecule has 16 heavy (non-hydrogen) atoms. The van der Waals surface area contributed by atoms with Crippen molar-refractivity contribution in [3.63, 3.8) is 0 Å². The SMILES string of the molecule is COc1ccc(NPC)c(C#N)c1[N+](=O)[O-]. The molecule has 0 aliphatic carbocycles. The number of nitriles is 1. The van der Waals surface area contributed by atoms with Gasteiger partial charge < -0.3 is 9.82 Å². The van der Waals surface area contributed by atoms with Crippen LogP contribution >= 0.6 is 8.73 Å². The molecule has 0 bridgehead atoms. The molecule has 0 saturated heterocycles. The van der Waals surface area contributed by atoms with E-state index in [1.165, 1.54) is 13.2 Å². The Bertz CT molecular complexity index is 456. The molecular formula is C9H10N3O3P. The Balaban J connectivity index is 3.45. The van der Waals surface area contributed by atoms with Crippen LogP contribution in [0.25, 0.3) is 0 Å². The highest BCUT2D eigenvalue weighted by molar-refractivity contribution is 7.38. The third-order valence-corrected chi connectivity index (χ3v) is 2.43. The summed E-state index contributed by atoms with van der Waals surface area (Å²) >= 11 is 0. The third kappa shape index (κ3) is 2.20. The zero-order chi connectivity index (χ0) is 12.1. The lowest BCUT2D eigenvalue weighted by molar-refractivity contribution is -0.386. The lowest BCUT2D eigenvalue weighted by Crippen LogP contribution is -1.99. The lowest BCUT2D eigenvalue weighted by atomic mass is 10.1. The number of nitrogens with one attached hydrogen (secondary N) is 1. The minimum absolute atomic E-state index is 0.00120. The van der Waals surface area contributed by atoms with Crippen molar-refractivity contribution < 1.29 is 9.66 Å². The van der Waals surface area contributed by atoms with Gasteiger partial charge in [-0.25, -0.2) is 0 Å². The summed E-state index contributed by atoms with van der Waals surface area (Å²) < 4.78 is 4.86. The summed E-state index contributed by atoms with van der Waals surface area (Å²) in [6.45, 7) is 1.87. The first-order chi connectivity index (χ1) is 7.65. The maximum Gasteiger partial charge on any atom is 0.330 e. The van der Waals surface area contributed by atoms with Gasteiger partial charge in [0.1, 0.15) is 6.07 Å². The molecule has 1 aromatic carbocycles. The molecule has 0 heterocycles. The van der Waals surface area contributed by atoms with Gasteiger partial charge in [0.05, 0.1) is 17.7 Å². The van der Waals surface area contributed by atoms with Gasteiger partial charge in [-0.15, -0.1) is 0 Å². The largest absolute Gasteiger partial charge is 0.490 e. The van der Waals surface area contributed by atoms with Crippen molar-refractivity contribution >= 4 is 20.1 Å². The van der Waals surface area contributed by atoms with E-state index in [1.54, 1.807) is 6.07 Å². The predicted molar refractivity (Wildman–Crippen MR) is 62.2 cm³/mol.